The molecule has 200 valence electrons. The number of carbonyl (C=O) groups is 2. The number of esters is 1. The smallest absolute Gasteiger partial charge is 0.337 e. The Kier molecular flexibility index (Phi) is 7.62. The van der Waals surface area contributed by atoms with Crippen LogP contribution in [0, 0.1) is 15.5 Å². The summed E-state index contributed by atoms with van der Waals surface area (Å²) < 4.78 is 11.5. The van der Waals surface area contributed by atoms with Crippen LogP contribution < -0.4 is 10.1 Å². The summed E-state index contributed by atoms with van der Waals surface area (Å²) in [5.41, 5.74) is 1.47. The summed E-state index contributed by atoms with van der Waals surface area (Å²) in [7, 11) is 0. The molecule has 3 aliphatic rings. The first-order valence-electron chi connectivity index (χ1n) is 13.1. The number of phenols is 1. The Bertz CT molecular complexity index is 1170. The second-order valence-corrected chi connectivity index (χ2v) is 11.0. The van der Waals surface area contributed by atoms with Gasteiger partial charge in [-0.25, -0.2) is 4.79 Å². The van der Waals surface area contributed by atoms with E-state index in [1.807, 2.05) is 13.8 Å². The van der Waals surface area contributed by atoms with E-state index in [9.17, 15) is 24.8 Å². The number of hydrogen-bond donors (Lipinski definition) is 2. The number of nitrogens with zero attached hydrogens (tertiary/aromatic N) is 1. The van der Waals surface area contributed by atoms with Gasteiger partial charge in [0.25, 0.3) is 0 Å². The van der Waals surface area contributed by atoms with Crippen molar-refractivity contribution in [1.29, 1.82) is 0 Å². The first kappa shape index (κ1) is 26.7. The summed E-state index contributed by atoms with van der Waals surface area (Å²) in [5, 5.41) is 25.6. The molecule has 0 radical (unpaired) electrons. The number of allylic oxidation sites excluding steroid dienone is 3. The van der Waals surface area contributed by atoms with Crippen LogP contribution in [-0.4, -0.2) is 34.5 Å². The summed E-state index contributed by atoms with van der Waals surface area (Å²) in [6.07, 6.45) is 6.44. The minimum absolute atomic E-state index is 0.0647. The fourth-order valence-electron chi connectivity index (χ4n) is 5.80. The molecule has 2 aliphatic carbocycles. The molecule has 1 aromatic carbocycles. The molecule has 1 saturated carbocycles. The lowest BCUT2D eigenvalue weighted by molar-refractivity contribution is -0.386. The quantitative estimate of drug-likeness (QED) is 0.219. The van der Waals surface area contributed by atoms with Crippen molar-refractivity contribution in [3.8, 4) is 11.5 Å². The Morgan fingerprint density at radius 2 is 1.86 bits per heavy atom. The number of phenolic OH excluding ortho intramolecular Hbond substituents is 1. The van der Waals surface area contributed by atoms with Gasteiger partial charge >= 0.3 is 11.7 Å². The van der Waals surface area contributed by atoms with Gasteiger partial charge in [0.05, 0.1) is 17.1 Å². The van der Waals surface area contributed by atoms with Crippen molar-refractivity contribution in [3.63, 3.8) is 0 Å². The van der Waals surface area contributed by atoms with Crippen LogP contribution in [0.1, 0.15) is 90.5 Å². The molecule has 4 rings (SSSR count). The number of hydrogen-bond acceptors (Lipinski definition) is 8. The van der Waals surface area contributed by atoms with Gasteiger partial charge in [-0.15, -0.1) is 0 Å². The predicted octanol–water partition coefficient (Wildman–Crippen LogP) is 5.57. The molecule has 9 nitrogen and oxygen atoms in total. The van der Waals surface area contributed by atoms with Crippen molar-refractivity contribution < 1.29 is 29.1 Å². The molecular formula is C28H36N2O7. The summed E-state index contributed by atoms with van der Waals surface area (Å²) in [6.45, 7) is 7.67. The third kappa shape index (κ3) is 5.50. The summed E-state index contributed by atoms with van der Waals surface area (Å²) in [5.74, 6) is -2.18. The highest BCUT2D eigenvalue weighted by atomic mass is 16.6. The number of carbonyl (C=O) groups excluding carboxylic acids is 2. The van der Waals surface area contributed by atoms with Gasteiger partial charge < -0.3 is 19.9 Å². The number of ketones is 1. The number of aromatic hydroxyl groups is 1. The van der Waals surface area contributed by atoms with Crippen molar-refractivity contribution in [1.82, 2.24) is 5.32 Å². The molecule has 1 aromatic rings. The monoisotopic (exact) mass is 512 g/mol. The van der Waals surface area contributed by atoms with E-state index in [0.29, 0.717) is 29.0 Å². The molecule has 37 heavy (non-hydrogen) atoms. The number of dihydropyridines is 1. The lowest BCUT2D eigenvalue weighted by Gasteiger charge is -2.39. The zero-order chi connectivity index (χ0) is 26.9. The first-order valence-corrected chi connectivity index (χ1v) is 13.1. The fourth-order valence-corrected chi connectivity index (χ4v) is 5.80. The van der Waals surface area contributed by atoms with Crippen molar-refractivity contribution in [2.45, 2.75) is 91.1 Å². The van der Waals surface area contributed by atoms with Crippen molar-refractivity contribution >= 4 is 17.4 Å². The minimum atomic E-state index is -0.878. The molecule has 1 aliphatic heterocycles. The average molecular weight is 513 g/mol. The summed E-state index contributed by atoms with van der Waals surface area (Å²) in [4.78, 5) is 38.4. The molecular weight excluding hydrogens is 476 g/mol. The number of nitrogens with one attached hydrogen (secondary N) is 1. The molecule has 0 amide bonds. The van der Waals surface area contributed by atoms with Crippen LogP contribution in [0.2, 0.25) is 0 Å². The fraction of sp³-hybridized carbons (Fsp3) is 0.571. The maximum absolute atomic E-state index is 13.7. The highest BCUT2D eigenvalue weighted by Gasteiger charge is 2.44. The maximum Gasteiger partial charge on any atom is 0.337 e. The largest absolute Gasteiger partial charge is 0.500 e. The van der Waals surface area contributed by atoms with Crippen molar-refractivity contribution in [3.05, 3.63) is 50.4 Å². The molecule has 0 aromatic heterocycles. The van der Waals surface area contributed by atoms with Gasteiger partial charge in [0.1, 0.15) is 6.10 Å². The van der Waals surface area contributed by atoms with Gasteiger partial charge in [0.2, 0.25) is 5.75 Å². The second-order valence-electron chi connectivity index (χ2n) is 11.0. The van der Waals surface area contributed by atoms with E-state index in [-0.39, 0.29) is 41.7 Å². The van der Waals surface area contributed by atoms with Crippen molar-refractivity contribution in [2.75, 3.05) is 6.61 Å². The Morgan fingerprint density at radius 3 is 2.49 bits per heavy atom. The van der Waals surface area contributed by atoms with Crippen molar-refractivity contribution in [2.24, 2.45) is 5.41 Å². The molecule has 0 saturated heterocycles. The number of Topliss-reactive ketones (excluding diaryl/α,β-unsaturated/α-hetero) is 1. The topological polar surface area (TPSA) is 128 Å². The number of ether oxygens (including phenoxy) is 2. The predicted molar refractivity (Wildman–Crippen MR) is 137 cm³/mol. The molecule has 1 fully saturated rings. The van der Waals surface area contributed by atoms with Crippen LogP contribution in [0.4, 0.5) is 5.69 Å². The Morgan fingerprint density at radius 1 is 1.19 bits per heavy atom. The highest BCUT2D eigenvalue weighted by Crippen LogP contribution is 2.49. The van der Waals surface area contributed by atoms with E-state index >= 15 is 0 Å². The van der Waals surface area contributed by atoms with E-state index in [1.165, 1.54) is 12.1 Å². The zero-order valence-corrected chi connectivity index (χ0v) is 22.0. The molecule has 9 heteroatoms. The van der Waals surface area contributed by atoms with Gasteiger partial charge in [-0.1, -0.05) is 26.7 Å². The SMILES string of the molecule is CCOc1cc(C2C(C(=O)OC3CCCCCC3)=C(C)NC3=C2C(=O)CC(C)(C)C3)cc([N+](=O)[O-])c1O. The van der Waals surface area contributed by atoms with Crippen LogP contribution in [0.15, 0.2) is 34.7 Å². The minimum Gasteiger partial charge on any atom is -0.500 e. The lowest BCUT2D eigenvalue weighted by Crippen LogP contribution is -2.39. The van der Waals surface area contributed by atoms with Gasteiger partial charge in [0, 0.05) is 35.4 Å². The van der Waals surface area contributed by atoms with E-state index < -0.39 is 28.2 Å². The molecule has 1 atom stereocenters. The third-order valence-corrected chi connectivity index (χ3v) is 7.44. The van der Waals surface area contributed by atoms with Crippen LogP contribution in [-0.2, 0) is 14.3 Å². The number of nitro benzene ring substituents is 1. The molecule has 1 unspecified atom stereocenters. The molecule has 1 heterocycles. The van der Waals surface area contributed by atoms with E-state index in [2.05, 4.69) is 5.32 Å². The Hall–Kier alpha value is -3.36. The van der Waals surface area contributed by atoms with E-state index in [0.717, 1.165) is 38.5 Å². The summed E-state index contributed by atoms with van der Waals surface area (Å²) in [6, 6.07) is 2.73. The average Bonchev–Trinajstić information content (AvgIpc) is 3.07. The first-order chi connectivity index (χ1) is 17.5. The molecule has 0 bridgehead atoms. The van der Waals surface area contributed by atoms with Gasteiger partial charge in [-0.3, -0.25) is 14.9 Å². The molecule has 0 spiro atoms. The Balaban J connectivity index is 1.86. The van der Waals surface area contributed by atoms with E-state index in [1.54, 1.807) is 13.8 Å². The van der Waals surface area contributed by atoms with Gasteiger partial charge in [-0.2, -0.15) is 0 Å². The van der Waals surface area contributed by atoms with Crippen LogP contribution in [0.5, 0.6) is 11.5 Å². The third-order valence-electron chi connectivity index (χ3n) is 7.44. The van der Waals surface area contributed by atoms with Crippen LogP contribution in [0.3, 0.4) is 0 Å². The van der Waals surface area contributed by atoms with Gasteiger partial charge in [-0.05, 0) is 63.0 Å². The normalized spacial score (nSPS) is 22.2. The van der Waals surface area contributed by atoms with Gasteiger partial charge in [0.15, 0.2) is 11.5 Å². The number of rotatable bonds is 6. The van der Waals surface area contributed by atoms with Crippen LogP contribution >= 0.6 is 0 Å². The maximum atomic E-state index is 13.7. The number of nitro groups is 1. The van der Waals surface area contributed by atoms with Crippen LogP contribution in [0.25, 0.3) is 0 Å². The zero-order valence-electron chi connectivity index (χ0n) is 22.0. The number of benzene rings is 1. The highest BCUT2D eigenvalue weighted by molar-refractivity contribution is 6.04. The Labute approximate surface area is 217 Å². The second kappa shape index (κ2) is 10.6. The standard InChI is InChI=1S/C28H36N2O7/c1-5-36-22-13-17(12-20(26(22)32)30(34)35)24-23(27(33)37-18-10-8-6-7-9-11-18)16(2)29-19-14-28(3,4)15-21(31)25(19)24/h12-13,18,24,29,32H,5-11,14-15H2,1-4H3. The molecule has 2 N–H and O–H groups in total. The summed E-state index contributed by atoms with van der Waals surface area (Å²) >= 11 is 0. The van der Waals surface area contributed by atoms with E-state index in [4.69, 9.17) is 9.47 Å². The lowest BCUT2D eigenvalue weighted by atomic mass is 9.68.